The van der Waals surface area contributed by atoms with Crippen molar-refractivity contribution >= 4 is 16.8 Å². The maximum Gasteiger partial charge on any atom is 0.256 e. The molecule has 1 aliphatic heterocycles. The van der Waals surface area contributed by atoms with Crippen LogP contribution < -0.4 is 0 Å². The number of amides is 1. The molecular weight excluding hydrogens is 316 g/mol. The molecule has 1 aromatic carbocycles. The number of nitrogens with zero attached hydrogens (tertiary/aromatic N) is 3. The molecule has 4 rings (SSSR count). The fourth-order valence-electron chi connectivity index (χ4n) is 3.77. The summed E-state index contributed by atoms with van der Waals surface area (Å²) in [6.07, 6.45) is 5.44. The minimum atomic E-state index is 0.0899. The molecule has 0 aliphatic carbocycles. The maximum absolute atomic E-state index is 12.9. The van der Waals surface area contributed by atoms with Gasteiger partial charge in [-0.25, -0.2) is 0 Å². The van der Waals surface area contributed by atoms with E-state index in [2.05, 4.69) is 10.1 Å². The first kappa shape index (κ1) is 15.9. The zero-order chi connectivity index (χ0) is 17.2. The van der Waals surface area contributed by atoms with Crippen LogP contribution in [-0.4, -0.2) is 50.4 Å². The average molecular weight is 338 g/mol. The lowest BCUT2D eigenvalue weighted by molar-refractivity contribution is 0.0713. The van der Waals surface area contributed by atoms with Crippen molar-refractivity contribution in [1.29, 1.82) is 0 Å². The van der Waals surface area contributed by atoms with Gasteiger partial charge < -0.3 is 15.0 Å². The first-order valence-corrected chi connectivity index (χ1v) is 8.76. The van der Waals surface area contributed by atoms with E-state index in [4.69, 9.17) is 5.11 Å². The van der Waals surface area contributed by atoms with Crippen LogP contribution in [0.25, 0.3) is 10.9 Å². The number of para-hydroxylation sites is 1. The van der Waals surface area contributed by atoms with Gasteiger partial charge in [0.2, 0.25) is 0 Å². The van der Waals surface area contributed by atoms with Gasteiger partial charge in [-0.3, -0.25) is 9.48 Å². The van der Waals surface area contributed by atoms with E-state index < -0.39 is 0 Å². The highest BCUT2D eigenvalue weighted by molar-refractivity contribution is 6.06. The summed E-state index contributed by atoms with van der Waals surface area (Å²) in [7, 11) is 0. The number of piperidine rings is 1. The van der Waals surface area contributed by atoms with Gasteiger partial charge in [0.25, 0.3) is 5.91 Å². The largest absolute Gasteiger partial charge is 0.394 e. The number of benzene rings is 1. The molecule has 1 saturated heterocycles. The van der Waals surface area contributed by atoms with Crippen LogP contribution in [0.2, 0.25) is 0 Å². The lowest BCUT2D eigenvalue weighted by atomic mass is 9.93. The minimum absolute atomic E-state index is 0.0899. The quantitative estimate of drug-likeness (QED) is 0.767. The number of H-pyrrole nitrogens is 1. The molecule has 0 saturated carbocycles. The Bertz CT molecular complexity index is 874. The van der Waals surface area contributed by atoms with Crippen molar-refractivity contribution < 1.29 is 9.90 Å². The van der Waals surface area contributed by atoms with E-state index in [1.54, 1.807) is 6.20 Å². The fraction of sp³-hybridized carbons (Fsp3) is 0.368. The molecule has 3 aromatic rings. The number of hydrogen-bond acceptors (Lipinski definition) is 3. The zero-order valence-electron chi connectivity index (χ0n) is 14.1. The van der Waals surface area contributed by atoms with Gasteiger partial charge >= 0.3 is 0 Å². The van der Waals surface area contributed by atoms with Crippen LogP contribution in [0, 0.1) is 0 Å². The molecule has 1 amide bonds. The molecule has 6 nitrogen and oxygen atoms in total. The van der Waals surface area contributed by atoms with E-state index in [9.17, 15) is 4.79 Å². The average Bonchev–Trinajstić information content (AvgIpc) is 3.28. The van der Waals surface area contributed by atoms with Crippen LogP contribution in [0.3, 0.4) is 0 Å². The Balaban J connectivity index is 1.46. The highest BCUT2D eigenvalue weighted by atomic mass is 16.3. The van der Waals surface area contributed by atoms with E-state index in [0.29, 0.717) is 12.5 Å². The highest BCUT2D eigenvalue weighted by Gasteiger charge is 2.27. The molecule has 3 heterocycles. The molecule has 1 aliphatic rings. The zero-order valence-corrected chi connectivity index (χ0v) is 14.1. The van der Waals surface area contributed by atoms with Gasteiger partial charge in [-0.2, -0.15) is 5.10 Å². The monoisotopic (exact) mass is 338 g/mol. The molecule has 0 atom stereocenters. The summed E-state index contributed by atoms with van der Waals surface area (Å²) in [5.41, 5.74) is 2.90. The van der Waals surface area contributed by atoms with Crippen LogP contribution in [0.5, 0.6) is 0 Å². The number of aromatic nitrogens is 3. The van der Waals surface area contributed by atoms with E-state index in [1.807, 2.05) is 46.1 Å². The number of aliphatic hydroxyl groups excluding tert-OH is 1. The minimum Gasteiger partial charge on any atom is -0.394 e. The molecule has 6 heteroatoms. The third-order valence-electron chi connectivity index (χ3n) is 5.08. The van der Waals surface area contributed by atoms with Crippen LogP contribution in [0.4, 0.5) is 0 Å². The third-order valence-corrected chi connectivity index (χ3v) is 5.08. The van der Waals surface area contributed by atoms with Crippen molar-refractivity contribution in [3.8, 4) is 0 Å². The van der Waals surface area contributed by atoms with Crippen molar-refractivity contribution in [1.82, 2.24) is 19.7 Å². The lowest BCUT2D eigenvalue weighted by Gasteiger charge is -2.32. The second-order valence-electron chi connectivity index (χ2n) is 6.52. The van der Waals surface area contributed by atoms with E-state index >= 15 is 0 Å². The Kier molecular flexibility index (Phi) is 4.28. The molecule has 2 N–H and O–H groups in total. The van der Waals surface area contributed by atoms with Crippen LogP contribution in [0.1, 0.15) is 34.8 Å². The maximum atomic E-state index is 12.9. The first-order valence-electron chi connectivity index (χ1n) is 8.76. The fourth-order valence-corrected chi connectivity index (χ4v) is 3.77. The van der Waals surface area contributed by atoms with Crippen molar-refractivity contribution in [2.45, 2.75) is 25.3 Å². The Labute approximate surface area is 146 Å². The summed E-state index contributed by atoms with van der Waals surface area (Å²) in [6, 6.07) is 9.92. The Morgan fingerprint density at radius 1 is 1.24 bits per heavy atom. The summed E-state index contributed by atoms with van der Waals surface area (Å²) in [6.45, 7) is 2.10. The standard InChI is InChI=1S/C19H22N4O2/c24-12-11-23-18(5-8-21-23)14-6-9-22(10-7-14)19(25)16-13-20-17-4-2-1-3-15(16)17/h1-5,8,13-14,20,24H,6-7,9-12H2. The number of carbonyl (C=O) groups excluding carboxylic acids is 1. The number of rotatable bonds is 4. The first-order chi connectivity index (χ1) is 12.3. The third kappa shape index (κ3) is 2.93. The SMILES string of the molecule is O=C(c1c[nH]c2ccccc12)N1CCC(c2ccnn2CCO)CC1. The Morgan fingerprint density at radius 2 is 2.04 bits per heavy atom. The topological polar surface area (TPSA) is 74.2 Å². The number of hydrogen-bond donors (Lipinski definition) is 2. The van der Waals surface area contributed by atoms with Gasteiger partial charge in [0.1, 0.15) is 0 Å². The van der Waals surface area contributed by atoms with Crippen molar-refractivity contribution in [2.24, 2.45) is 0 Å². The van der Waals surface area contributed by atoms with Gasteiger partial charge in [-0.15, -0.1) is 0 Å². The number of aromatic amines is 1. The van der Waals surface area contributed by atoms with Gasteiger partial charge in [-0.05, 0) is 25.0 Å². The van der Waals surface area contributed by atoms with Crippen molar-refractivity contribution in [2.75, 3.05) is 19.7 Å². The summed E-state index contributed by atoms with van der Waals surface area (Å²) in [5.74, 6) is 0.487. The Morgan fingerprint density at radius 3 is 2.84 bits per heavy atom. The molecule has 25 heavy (non-hydrogen) atoms. The number of likely N-dealkylation sites (tertiary alicyclic amines) is 1. The molecule has 130 valence electrons. The predicted molar refractivity (Wildman–Crippen MR) is 95.5 cm³/mol. The number of fused-ring (bicyclic) bond motifs is 1. The summed E-state index contributed by atoms with van der Waals surface area (Å²) in [5, 5.41) is 14.4. The normalized spacial score (nSPS) is 15.8. The summed E-state index contributed by atoms with van der Waals surface area (Å²) >= 11 is 0. The van der Waals surface area contributed by atoms with Crippen LogP contribution in [-0.2, 0) is 6.54 Å². The molecule has 1 fully saturated rings. The molecule has 0 radical (unpaired) electrons. The Hall–Kier alpha value is -2.60. The molecule has 0 bridgehead atoms. The van der Waals surface area contributed by atoms with Crippen LogP contribution in [0.15, 0.2) is 42.7 Å². The summed E-state index contributed by atoms with van der Waals surface area (Å²) < 4.78 is 1.88. The second kappa shape index (κ2) is 6.72. The van der Waals surface area contributed by atoms with Crippen LogP contribution >= 0.6 is 0 Å². The molecule has 2 aromatic heterocycles. The van der Waals surface area contributed by atoms with E-state index in [-0.39, 0.29) is 12.5 Å². The molecular formula is C19H22N4O2. The van der Waals surface area contributed by atoms with Gasteiger partial charge in [0.15, 0.2) is 0 Å². The van der Waals surface area contributed by atoms with Gasteiger partial charge in [-0.1, -0.05) is 18.2 Å². The highest BCUT2D eigenvalue weighted by Crippen LogP contribution is 2.29. The lowest BCUT2D eigenvalue weighted by Crippen LogP contribution is -2.38. The summed E-state index contributed by atoms with van der Waals surface area (Å²) in [4.78, 5) is 18.0. The molecule has 0 spiro atoms. The smallest absolute Gasteiger partial charge is 0.256 e. The van der Waals surface area contributed by atoms with E-state index in [1.165, 1.54) is 0 Å². The van der Waals surface area contributed by atoms with E-state index in [0.717, 1.165) is 48.1 Å². The predicted octanol–water partition coefficient (Wildman–Crippen LogP) is 2.38. The van der Waals surface area contributed by atoms with Crippen molar-refractivity contribution in [3.63, 3.8) is 0 Å². The van der Waals surface area contributed by atoms with Gasteiger partial charge in [0, 0.05) is 48.0 Å². The van der Waals surface area contributed by atoms with Crippen molar-refractivity contribution in [3.05, 3.63) is 54.0 Å². The number of carbonyl (C=O) groups is 1. The molecule has 0 unspecified atom stereocenters. The second-order valence-corrected chi connectivity index (χ2v) is 6.52. The number of nitrogens with one attached hydrogen (secondary N) is 1. The number of aliphatic hydroxyl groups is 1. The van der Waals surface area contributed by atoms with Gasteiger partial charge in [0.05, 0.1) is 18.7 Å².